The number of nitrogens with one attached hydrogen (secondary N) is 1. The van der Waals surface area contributed by atoms with Gasteiger partial charge in [-0.3, -0.25) is 4.79 Å². The number of halogens is 2. The van der Waals surface area contributed by atoms with Crippen LogP contribution in [0.4, 0.5) is 14.5 Å². The molecular weight excluding hydrogens is 432 g/mol. The lowest BCUT2D eigenvalue weighted by Crippen LogP contribution is -2.10. The first-order valence-electron chi connectivity index (χ1n) is 10.3. The molecule has 0 atom stereocenters. The quantitative estimate of drug-likeness (QED) is 0.455. The van der Waals surface area contributed by atoms with E-state index in [0.29, 0.717) is 32.5 Å². The number of thiazole rings is 1. The number of fused-ring (bicyclic) bond motifs is 1. The van der Waals surface area contributed by atoms with Gasteiger partial charge in [-0.1, -0.05) is 18.6 Å². The van der Waals surface area contributed by atoms with E-state index < -0.39 is 17.5 Å². The Balaban J connectivity index is 1.40. The highest BCUT2D eigenvalue weighted by Crippen LogP contribution is 2.30. The molecule has 0 aliphatic carbocycles. The fraction of sp³-hybridized carbons (Fsp3) is 0.217. The number of aromatic nitrogens is 4. The molecule has 0 fully saturated rings. The molecule has 162 valence electrons. The first kappa shape index (κ1) is 20.4. The molecule has 0 bridgehead atoms. The van der Waals surface area contributed by atoms with Gasteiger partial charge in [-0.25, -0.2) is 13.8 Å². The van der Waals surface area contributed by atoms with Crippen molar-refractivity contribution in [2.45, 2.75) is 32.2 Å². The van der Waals surface area contributed by atoms with E-state index in [9.17, 15) is 13.6 Å². The molecule has 1 amide bonds. The fourth-order valence-electron chi connectivity index (χ4n) is 3.79. The molecule has 2 aromatic carbocycles. The molecule has 4 aromatic rings. The van der Waals surface area contributed by atoms with E-state index in [1.54, 1.807) is 24.3 Å². The van der Waals surface area contributed by atoms with Crippen molar-refractivity contribution in [1.82, 2.24) is 19.7 Å². The van der Waals surface area contributed by atoms with Crippen LogP contribution in [0.5, 0.6) is 0 Å². The van der Waals surface area contributed by atoms with Gasteiger partial charge in [-0.2, -0.15) is 0 Å². The second-order valence-corrected chi connectivity index (χ2v) is 8.59. The maximum Gasteiger partial charge on any atom is 0.267 e. The minimum atomic E-state index is -0.429. The Morgan fingerprint density at radius 1 is 1.00 bits per heavy atom. The van der Waals surface area contributed by atoms with Crippen molar-refractivity contribution in [2.24, 2.45) is 0 Å². The van der Waals surface area contributed by atoms with Crippen LogP contribution < -0.4 is 5.32 Å². The maximum absolute atomic E-state index is 14.7. The third-order valence-corrected chi connectivity index (χ3v) is 6.44. The molecule has 3 heterocycles. The number of benzene rings is 2. The van der Waals surface area contributed by atoms with Crippen molar-refractivity contribution in [2.75, 3.05) is 5.32 Å². The van der Waals surface area contributed by atoms with Crippen molar-refractivity contribution in [3.63, 3.8) is 0 Å². The third kappa shape index (κ3) is 3.91. The standard InChI is InChI=1S/C23H19F2N5OS/c24-17-7-4-3-6-15(17)23-26-13-19(32-23)22(31)27-14-9-10-18(25)16(12-14)21-29-28-20-8-2-1-5-11-30(20)21/h3-4,6-7,9-10,12-13H,1-2,5,8,11H2,(H,27,31). The highest BCUT2D eigenvalue weighted by molar-refractivity contribution is 7.17. The van der Waals surface area contributed by atoms with Gasteiger partial charge in [0.25, 0.3) is 5.91 Å². The monoisotopic (exact) mass is 451 g/mol. The number of hydrogen-bond acceptors (Lipinski definition) is 5. The summed E-state index contributed by atoms with van der Waals surface area (Å²) in [6, 6.07) is 10.6. The van der Waals surface area contributed by atoms with Crippen LogP contribution in [0.3, 0.4) is 0 Å². The number of nitrogens with zero attached hydrogens (tertiary/aromatic N) is 4. The Bertz CT molecular complexity index is 1300. The molecule has 5 rings (SSSR count). The highest BCUT2D eigenvalue weighted by atomic mass is 32.1. The summed E-state index contributed by atoms with van der Waals surface area (Å²) in [5, 5.41) is 11.6. The molecule has 0 spiro atoms. The summed E-state index contributed by atoms with van der Waals surface area (Å²) in [5.41, 5.74) is 1.06. The number of carbonyl (C=O) groups is 1. The molecule has 2 aromatic heterocycles. The SMILES string of the molecule is O=C(Nc1ccc(F)c(-c2nnc3n2CCCCC3)c1)c1cnc(-c2ccccc2F)s1. The average Bonchev–Trinajstić information content (AvgIpc) is 3.37. The Labute approximate surface area is 187 Å². The summed E-state index contributed by atoms with van der Waals surface area (Å²) in [5.74, 6) is 0.0982. The van der Waals surface area contributed by atoms with Gasteiger partial charge in [0.15, 0.2) is 5.82 Å². The van der Waals surface area contributed by atoms with Crippen LogP contribution in [0, 0.1) is 11.6 Å². The summed E-state index contributed by atoms with van der Waals surface area (Å²) in [6.07, 6.45) is 5.36. The van der Waals surface area contributed by atoms with Gasteiger partial charge >= 0.3 is 0 Å². The van der Waals surface area contributed by atoms with Crippen LogP contribution >= 0.6 is 11.3 Å². The van der Waals surface area contributed by atoms with Crippen molar-refractivity contribution in [1.29, 1.82) is 0 Å². The normalized spacial score (nSPS) is 13.4. The van der Waals surface area contributed by atoms with Crippen molar-refractivity contribution in [3.8, 4) is 22.0 Å². The average molecular weight is 452 g/mol. The summed E-state index contributed by atoms with van der Waals surface area (Å²) < 4.78 is 30.6. The first-order chi connectivity index (χ1) is 15.6. The molecular formula is C23H19F2N5OS. The largest absolute Gasteiger partial charge is 0.321 e. The van der Waals surface area contributed by atoms with Crippen LogP contribution in [-0.4, -0.2) is 25.7 Å². The smallest absolute Gasteiger partial charge is 0.267 e. The van der Waals surface area contributed by atoms with E-state index in [4.69, 9.17) is 0 Å². The Kier molecular flexibility index (Phi) is 5.48. The summed E-state index contributed by atoms with van der Waals surface area (Å²) in [6.45, 7) is 0.743. The van der Waals surface area contributed by atoms with Gasteiger partial charge in [-0.15, -0.1) is 21.5 Å². The topological polar surface area (TPSA) is 72.7 Å². The number of rotatable bonds is 4. The van der Waals surface area contributed by atoms with E-state index in [-0.39, 0.29) is 0 Å². The minimum absolute atomic E-state index is 0.291. The zero-order valence-electron chi connectivity index (χ0n) is 17.0. The first-order valence-corrected chi connectivity index (χ1v) is 11.2. The van der Waals surface area contributed by atoms with Gasteiger partial charge in [0.2, 0.25) is 0 Å². The number of carbonyl (C=O) groups excluding carboxylic acids is 1. The molecule has 0 saturated carbocycles. The second-order valence-electron chi connectivity index (χ2n) is 7.56. The van der Waals surface area contributed by atoms with Gasteiger partial charge in [0.1, 0.15) is 27.3 Å². The lowest BCUT2D eigenvalue weighted by Gasteiger charge is -2.10. The van der Waals surface area contributed by atoms with E-state index in [1.807, 2.05) is 4.57 Å². The lowest BCUT2D eigenvalue weighted by molar-refractivity contribution is 0.103. The molecule has 9 heteroatoms. The molecule has 0 unspecified atom stereocenters. The predicted octanol–water partition coefficient (Wildman–Crippen LogP) is 5.33. The fourth-order valence-corrected chi connectivity index (χ4v) is 4.63. The Morgan fingerprint density at radius 2 is 1.84 bits per heavy atom. The number of hydrogen-bond donors (Lipinski definition) is 1. The van der Waals surface area contributed by atoms with Crippen molar-refractivity contribution < 1.29 is 13.6 Å². The van der Waals surface area contributed by atoms with Gasteiger partial charge in [-0.05, 0) is 43.2 Å². The van der Waals surface area contributed by atoms with E-state index >= 15 is 0 Å². The summed E-state index contributed by atoms with van der Waals surface area (Å²) in [7, 11) is 0. The van der Waals surface area contributed by atoms with Crippen molar-refractivity contribution >= 4 is 22.9 Å². The molecule has 1 N–H and O–H groups in total. The Morgan fingerprint density at radius 3 is 2.72 bits per heavy atom. The number of amides is 1. The molecule has 32 heavy (non-hydrogen) atoms. The van der Waals surface area contributed by atoms with Gasteiger partial charge in [0.05, 0.1) is 11.8 Å². The van der Waals surface area contributed by atoms with Crippen LogP contribution in [-0.2, 0) is 13.0 Å². The molecule has 1 aliphatic rings. The van der Waals surface area contributed by atoms with Gasteiger partial charge in [0, 0.05) is 24.2 Å². The summed E-state index contributed by atoms with van der Waals surface area (Å²) >= 11 is 1.09. The van der Waals surface area contributed by atoms with Crippen LogP contribution in [0.1, 0.15) is 34.8 Å². The second kappa shape index (κ2) is 8.58. The molecule has 6 nitrogen and oxygen atoms in total. The van der Waals surface area contributed by atoms with E-state index in [1.165, 1.54) is 24.4 Å². The minimum Gasteiger partial charge on any atom is -0.321 e. The zero-order valence-corrected chi connectivity index (χ0v) is 17.8. The van der Waals surface area contributed by atoms with Crippen LogP contribution in [0.25, 0.3) is 22.0 Å². The van der Waals surface area contributed by atoms with Crippen LogP contribution in [0.15, 0.2) is 48.7 Å². The predicted molar refractivity (Wildman–Crippen MR) is 118 cm³/mol. The van der Waals surface area contributed by atoms with E-state index in [2.05, 4.69) is 20.5 Å². The number of anilines is 1. The van der Waals surface area contributed by atoms with Crippen molar-refractivity contribution in [3.05, 3.63) is 71.0 Å². The zero-order chi connectivity index (χ0) is 22.1. The number of aryl methyl sites for hydroxylation is 1. The Hall–Kier alpha value is -3.46. The molecule has 1 aliphatic heterocycles. The third-order valence-electron chi connectivity index (χ3n) is 5.41. The highest BCUT2D eigenvalue weighted by Gasteiger charge is 2.20. The summed E-state index contributed by atoms with van der Waals surface area (Å²) in [4.78, 5) is 17.2. The van der Waals surface area contributed by atoms with E-state index in [0.717, 1.165) is 49.4 Å². The van der Waals surface area contributed by atoms with Gasteiger partial charge < -0.3 is 9.88 Å². The van der Waals surface area contributed by atoms with Crippen LogP contribution in [0.2, 0.25) is 0 Å². The maximum atomic E-state index is 14.7. The lowest BCUT2D eigenvalue weighted by atomic mass is 10.1. The molecule has 0 radical (unpaired) electrons. The molecule has 0 saturated heterocycles.